The monoisotopic (exact) mass is 440 g/mol. The summed E-state index contributed by atoms with van der Waals surface area (Å²) in [4.78, 5) is 13.9. The number of amides is 1. The number of para-hydroxylation sites is 1. The Labute approximate surface area is 171 Å². The fourth-order valence-electron chi connectivity index (χ4n) is 3.65. The van der Waals surface area contributed by atoms with E-state index in [9.17, 15) is 26.4 Å². The molecule has 2 aliphatic rings. The van der Waals surface area contributed by atoms with E-state index in [2.05, 4.69) is 0 Å². The predicted octanol–water partition coefficient (Wildman–Crippen LogP) is 2.54. The summed E-state index contributed by atoms with van der Waals surface area (Å²) in [5.41, 5.74) is -0.0723. The summed E-state index contributed by atoms with van der Waals surface area (Å²) in [6.07, 6.45) is -4.82. The van der Waals surface area contributed by atoms with Crippen LogP contribution in [0.1, 0.15) is 11.1 Å². The van der Waals surface area contributed by atoms with Crippen LogP contribution in [0.25, 0.3) is 0 Å². The number of hydrogen-bond acceptors (Lipinski definition) is 4. The minimum absolute atomic E-state index is 0.00396. The van der Waals surface area contributed by atoms with Crippen molar-refractivity contribution < 1.29 is 31.1 Å². The number of halogens is 3. The highest BCUT2D eigenvalue weighted by molar-refractivity contribution is 7.89. The maximum Gasteiger partial charge on any atom is 0.416 e. The van der Waals surface area contributed by atoms with Gasteiger partial charge in [-0.3, -0.25) is 4.79 Å². The predicted molar refractivity (Wildman–Crippen MR) is 101 cm³/mol. The molecule has 0 aliphatic carbocycles. The molecule has 6 nitrogen and oxygen atoms in total. The number of rotatable bonds is 3. The molecule has 2 aromatic carbocycles. The molecule has 4 rings (SSSR count). The number of alkyl halides is 3. The number of fused-ring (bicyclic) bond motifs is 1. The van der Waals surface area contributed by atoms with Gasteiger partial charge in [-0.2, -0.15) is 17.5 Å². The molecule has 1 amide bonds. The Morgan fingerprint density at radius 1 is 1.00 bits per heavy atom. The van der Waals surface area contributed by atoms with Crippen molar-refractivity contribution >= 4 is 15.9 Å². The van der Waals surface area contributed by atoms with Crippen molar-refractivity contribution in [2.24, 2.45) is 0 Å². The van der Waals surface area contributed by atoms with Crippen LogP contribution in [0.15, 0.2) is 53.4 Å². The number of carbonyl (C=O) groups is 1. The molecule has 2 heterocycles. The van der Waals surface area contributed by atoms with Crippen LogP contribution in [0.3, 0.4) is 0 Å². The van der Waals surface area contributed by atoms with Crippen LogP contribution < -0.4 is 4.74 Å². The van der Waals surface area contributed by atoms with Gasteiger partial charge in [0.25, 0.3) is 5.91 Å². The third kappa shape index (κ3) is 3.89. The highest BCUT2D eigenvalue weighted by Gasteiger charge is 2.37. The van der Waals surface area contributed by atoms with Gasteiger partial charge < -0.3 is 9.64 Å². The summed E-state index contributed by atoms with van der Waals surface area (Å²) in [5, 5.41) is 0. The lowest BCUT2D eigenvalue weighted by Crippen LogP contribution is -2.53. The second kappa shape index (κ2) is 7.59. The quantitative estimate of drug-likeness (QED) is 0.736. The molecule has 1 saturated heterocycles. The Bertz CT molecular complexity index is 1040. The van der Waals surface area contributed by atoms with E-state index in [0.717, 1.165) is 28.1 Å². The lowest BCUT2D eigenvalue weighted by Gasteiger charge is -2.35. The molecular weight excluding hydrogens is 421 g/mol. The van der Waals surface area contributed by atoms with Gasteiger partial charge in [-0.25, -0.2) is 8.42 Å². The van der Waals surface area contributed by atoms with E-state index in [0.29, 0.717) is 18.2 Å². The average molecular weight is 440 g/mol. The maximum atomic E-state index is 12.9. The second-order valence-corrected chi connectivity index (χ2v) is 9.11. The lowest BCUT2D eigenvalue weighted by atomic mass is 10.1. The highest BCUT2D eigenvalue weighted by Crippen LogP contribution is 2.32. The van der Waals surface area contributed by atoms with Crippen molar-refractivity contribution in [3.8, 4) is 5.75 Å². The van der Waals surface area contributed by atoms with Gasteiger partial charge in [-0.05, 0) is 29.8 Å². The first-order chi connectivity index (χ1) is 14.2. The van der Waals surface area contributed by atoms with Gasteiger partial charge >= 0.3 is 6.18 Å². The molecule has 160 valence electrons. The molecule has 0 radical (unpaired) electrons. The molecule has 1 atom stereocenters. The standard InChI is InChI=1S/C20H19F3N2O4S/c21-20(22,23)15-5-3-6-16(13-15)30(27,28)25-10-8-24(9-11-25)19(26)18-12-14-4-1-2-7-17(14)29-18/h1-7,13,18H,8-12H2/t18-/m1/s1. The van der Waals surface area contributed by atoms with Crippen molar-refractivity contribution in [2.75, 3.05) is 26.2 Å². The zero-order valence-corrected chi connectivity index (χ0v) is 16.6. The van der Waals surface area contributed by atoms with Gasteiger partial charge in [-0.1, -0.05) is 24.3 Å². The Morgan fingerprint density at radius 2 is 1.70 bits per heavy atom. The molecule has 0 spiro atoms. The molecule has 1 fully saturated rings. The first kappa shape index (κ1) is 20.7. The average Bonchev–Trinajstić information content (AvgIpc) is 3.17. The van der Waals surface area contributed by atoms with Crippen molar-refractivity contribution in [1.29, 1.82) is 0 Å². The van der Waals surface area contributed by atoms with Crippen LogP contribution in [0.5, 0.6) is 5.75 Å². The number of hydrogen-bond donors (Lipinski definition) is 0. The van der Waals surface area contributed by atoms with Gasteiger partial charge in [0, 0.05) is 32.6 Å². The van der Waals surface area contributed by atoms with Gasteiger partial charge in [-0.15, -0.1) is 0 Å². The van der Waals surface area contributed by atoms with Gasteiger partial charge in [0.1, 0.15) is 5.75 Å². The molecular formula is C20H19F3N2O4S. The molecule has 2 aromatic rings. The van der Waals surface area contributed by atoms with E-state index in [4.69, 9.17) is 4.74 Å². The Hall–Kier alpha value is -2.59. The molecule has 0 unspecified atom stereocenters. The summed E-state index contributed by atoms with van der Waals surface area (Å²) < 4.78 is 71.1. The number of piperazine rings is 1. The molecule has 2 aliphatic heterocycles. The van der Waals surface area contributed by atoms with Crippen LogP contribution in [-0.2, 0) is 27.4 Å². The van der Waals surface area contributed by atoms with Crippen molar-refractivity contribution in [2.45, 2.75) is 23.6 Å². The second-order valence-electron chi connectivity index (χ2n) is 7.17. The Balaban J connectivity index is 1.41. The van der Waals surface area contributed by atoms with E-state index in [1.54, 1.807) is 6.07 Å². The van der Waals surface area contributed by atoms with Crippen LogP contribution in [0.4, 0.5) is 13.2 Å². The van der Waals surface area contributed by atoms with Gasteiger partial charge in [0.15, 0.2) is 6.10 Å². The molecule has 0 saturated carbocycles. The summed E-state index contributed by atoms with van der Waals surface area (Å²) in [6, 6.07) is 11.1. The van der Waals surface area contributed by atoms with Crippen molar-refractivity contribution in [1.82, 2.24) is 9.21 Å². The third-order valence-corrected chi connectivity index (χ3v) is 7.17. The van der Waals surface area contributed by atoms with E-state index < -0.39 is 32.8 Å². The third-order valence-electron chi connectivity index (χ3n) is 5.27. The fraction of sp³-hybridized carbons (Fsp3) is 0.350. The SMILES string of the molecule is O=C([C@H]1Cc2ccccc2O1)N1CCN(S(=O)(=O)c2cccc(C(F)(F)F)c2)CC1. The molecule has 0 bridgehead atoms. The minimum atomic E-state index is -4.63. The Morgan fingerprint density at radius 3 is 2.37 bits per heavy atom. The van der Waals surface area contributed by atoms with E-state index >= 15 is 0 Å². The number of nitrogens with zero attached hydrogens (tertiary/aromatic N) is 2. The van der Waals surface area contributed by atoms with E-state index in [1.165, 1.54) is 4.90 Å². The number of sulfonamides is 1. The summed E-state index contributed by atoms with van der Waals surface area (Å²) in [5.74, 6) is 0.448. The van der Waals surface area contributed by atoms with Gasteiger partial charge in [0.2, 0.25) is 10.0 Å². The summed E-state index contributed by atoms with van der Waals surface area (Å²) in [6.45, 7) is 0.300. The topological polar surface area (TPSA) is 66.9 Å². The summed E-state index contributed by atoms with van der Waals surface area (Å²) in [7, 11) is -4.09. The first-order valence-corrected chi connectivity index (χ1v) is 10.8. The van der Waals surface area contributed by atoms with Gasteiger partial charge in [0.05, 0.1) is 10.5 Å². The lowest BCUT2D eigenvalue weighted by molar-refractivity contribution is -0.139. The molecule has 0 aromatic heterocycles. The van der Waals surface area contributed by atoms with Crippen LogP contribution in [0, 0.1) is 0 Å². The molecule has 10 heteroatoms. The normalized spacial score (nSPS) is 20.0. The number of ether oxygens (including phenoxy) is 1. The first-order valence-electron chi connectivity index (χ1n) is 9.37. The fourth-order valence-corrected chi connectivity index (χ4v) is 5.12. The van der Waals surface area contributed by atoms with E-state index in [1.807, 2.05) is 18.2 Å². The van der Waals surface area contributed by atoms with E-state index in [-0.39, 0.29) is 32.1 Å². The Kier molecular flexibility index (Phi) is 5.23. The number of carbonyl (C=O) groups excluding carboxylic acids is 1. The zero-order chi connectivity index (χ0) is 21.5. The maximum absolute atomic E-state index is 12.9. The largest absolute Gasteiger partial charge is 0.480 e. The molecule has 0 N–H and O–H groups in total. The highest BCUT2D eigenvalue weighted by atomic mass is 32.2. The van der Waals surface area contributed by atoms with Crippen LogP contribution >= 0.6 is 0 Å². The molecule has 30 heavy (non-hydrogen) atoms. The minimum Gasteiger partial charge on any atom is -0.480 e. The zero-order valence-electron chi connectivity index (χ0n) is 15.8. The van der Waals surface area contributed by atoms with Crippen LogP contribution in [-0.4, -0.2) is 55.8 Å². The van der Waals surface area contributed by atoms with Crippen LogP contribution in [0.2, 0.25) is 0 Å². The summed E-state index contributed by atoms with van der Waals surface area (Å²) >= 11 is 0. The number of benzene rings is 2. The van der Waals surface area contributed by atoms with Crippen molar-refractivity contribution in [3.63, 3.8) is 0 Å². The van der Waals surface area contributed by atoms with Crippen molar-refractivity contribution in [3.05, 3.63) is 59.7 Å². The smallest absolute Gasteiger partial charge is 0.416 e.